The molecule has 0 atom stereocenters. The first-order valence-electron chi connectivity index (χ1n) is 9.22. The summed E-state index contributed by atoms with van der Waals surface area (Å²) < 4.78 is 12.5. The van der Waals surface area contributed by atoms with Crippen LogP contribution in [-0.4, -0.2) is 65.9 Å². The highest BCUT2D eigenvalue weighted by Gasteiger charge is 2.22. The van der Waals surface area contributed by atoms with Crippen LogP contribution in [-0.2, 0) is 17.9 Å². The van der Waals surface area contributed by atoms with Gasteiger partial charge in [0.2, 0.25) is 5.91 Å². The third-order valence-electron chi connectivity index (χ3n) is 4.97. The van der Waals surface area contributed by atoms with Gasteiger partial charge >= 0.3 is 0 Å². The van der Waals surface area contributed by atoms with E-state index in [9.17, 15) is 4.79 Å². The van der Waals surface area contributed by atoms with Gasteiger partial charge in [-0.15, -0.1) is 0 Å². The minimum absolute atomic E-state index is 0.131. The summed E-state index contributed by atoms with van der Waals surface area (Å²) in [7, 11) is 3.29. The minimum atomic E-state index is 0.131. The van der Waals surface area contributed by atoms with Gasteiger partial charge in [-0.25, -0.2) is 0 Å². The summed E-state index contributed by atoms with van der Waals surface area (Å²) in [6, 6.07) is 8.00. The van der Waals surface area contributed by atoms with E-state index >= 15 is 0 Å². The molecule has 0 spiro atoms. The number of amides is 1. The molecule has 1 aliphatic rings. The highest BCUT2D eigenvalue weighted by Crippen LogP contribution is 2.28. The average molecular weight is 372 g/mol. The first-order valence-corrected chi connectivity index (χ1v) is 9.22. The molecule has 2 aromatic rings. The lowest BCUT2D eigenvalue weighted by Gasteiger charge is -2.35. The molecule has 0 saturated carbocycles. The first-order chi connectivity index (χ1) is 13.0. The van der Waals surface area contributed by atoms with E-state index in [4.69, 9.17) is 9.47 Å². The maximum absolute atomic E-state index is 12.6. The summed E-state index contributed by atoms with van der Waals surface area (Å²) >= 11 is 0. The number of rotatable bonds is 6. The molecule has 2 heterocycles. The Morgan fingerprint density at radius 3 is 2.33 bits per heavy atom. The van der Waals surface area contributed by atoms with Gasteiger partial charge in [-0.1, -0.05) is 6.07 Å². The Bertz CT molecular complexity index is 795. The van der Waals surface area contributed by atoms with Gasteiger partial charge in [0.25, 0.3) is 0 Å². The van der Waals surface area contributed by atoms with Crippen LogP contribution < -0.4 is 9.47 Å². The smallest absolute Gasteiger partial charge is 0.244 e. The monoisotopic (exact) mass is 372 g/mol. The van der Waals surface area contributed by atoms with Crippen molar-refractivity contribution in [2.24, 2.45) is 0 Å². The molecular weight excluding hydrogens is 344 g/mol. The van der Waals surface area contributed by atoms with Gasteiger partial charge in [-0.2, -0.15) is 5.10 Å². The van der Waals surface area contributed by atoms with Crippen LogP contribution in [0.15, 0.2) is 24.3 Å². The van der Waals surface area contributed by atoms with Crippen molar-refractivity contribution in [3.8, 4) is 11.5 Å². The Morgan fingerprint density at radius 2 is 1.74 bits per heavy atom. The summed E-state index contributed by atoms with van der Waals surface area (Å²) in [4.78, 5) is 16.9. The molecule has 0 unspecified atom stereocenters. The van der Waals surface area contributed by atoms with Crippen molar-refractivity contribution in [3.63, 3.8) is 0 Å². The topological polar surface area (TPSA) is 59.8 Å². The zero-order valence-corrected chi connectivity index (χ0v) is 16.6. The van der Waals surface area contributed by atoms with Crippen LogP contribution in [0, 0.1) is 13.8 Å². The van der Waals surface area contributed by atoms with Crippen LogP contribution in [0.5, 0.6) is 11.5 Å². The van der Waals surface area contributed by atoms with Crippen LogP contribution in [0.1, 0.15) is 17.0 Å². The van der Waals surface area contributed by atoms with Crippen molar-refractivity contribution < 1.29 is 14.3 Å². The normalized spacial score (nSPS) is 15.0. The number of methoxy groups -OCH3 is 2. The number of hydrogen-bond acceptors (Lipinski definition) is 5. The number of aromatic nitrogens is 2. The minimum Gasteiger partial charge on any atom is -0.493 e. The van der Waals surface area contributed by atoms with E-state index in [2.05, 4.69) is 16.1 Å². The number of piperazine rings is 1. The zero-order chi connectivity index (χ0) is 19.4. The molecule has 1 fully saturated rings. The SMILES string of the molecule is COc1ccc(CN2CCN(C(=O)Cn3nc(C)cc3C)CC2)cc1OC. The van der Waals surface area contributed by atoms with Gasteiger partial charge in [0.1, 0.15) is 6.54 Å². The summed E-state index contributed by atoms with van der Waals surface area (Å²) in [6.45, 7) is 8.27. The quantitative estimate of drug-likeness (QED) is 0.775. The molecular formula is C20H28N4O3. The van der Waals surface area contributed by atoms with Gasteiger partial charge in [0.15, 0.2) is 11.5 Å². The van der Waals surface area contributed by atoms with E-state index in [1.807, 2.05) is 36.9 Å². The second-order valence-electron chi connectivity index (χ2n) is 6.93. The second kappa shape index (κ2) is 8.43. The third-order valence-corrected chi connectivity index (χ3v) is 4.97. The van der Waals surface area contributed by atoms with E-state index in [-0.39, 0.29) is 5.91 Å². The zero-order valence-electron chi connectivity index (χ0n) is 16.6. The number of benzene rings is 1. The van der Waals surface area contributed by atoms with Gasteiger partial charge < -0.3 is 14.4 Å². The number of carbonyl (C=O) groups excluding carboxylic acids is 1. The fourth-order valence-electron chi connectivity index (χ4n) is 3.46. The van der Waals surface area contributed by atoms with Crippen molar-refractivity contribution in [1.82, 2.24) is 19.6 Å². The van der Waals surface area contributed by atoms with Gasteiger partial charge in [0.05, 0.1) is 19.9 Å². The van der Waals surface area contributed by atoms with Crippen LogP contribution >= 0.6 is 0 Å². The molecule has 0 N–H and O–H groups in total. The molecule has 3 rings (SSSR count). The molecule has 0 radical (unpaired) electrons. The lowest BCUT2D eigenvalue weighted by atomic mass is 10.1. The van der Waals surface area contributed by atoms with E-state index in [0.29, 0.717) is 6.54 Å². The molecule has 1 aliphatic heterocycles. The first kappa shape index (κ1) is 19.2. The third kappa shape index (κ3) is 4.60. The van der Waals surface area contributed by atoms with Crippen molar-refractivity contribution in [2.75, 3.05) is 40.4 Å². The van der Waals surface area contributed by atoms with Crippen LogP contribution in [0.2, 0.25) is 0 Å². The maximum Gasteiger partial charge on any atom is 0.244 e. The molecule has 0 aliphatic carbocycles. The summed E-state index contributed by atoms with van der Waals surface area (Å²) in [5.41, 5.74) is 3.14. The lowest BCUT2D eigenvalue weighted by Crippen LogP contribution is -2.49. The molecule has 27 heavy (non-hydrogen) atoms. The molecule has 0 bridgehead atoms. The number of aryl methyl sites for hydroxylation is 2. The molecule has 146 valence electrons. The second-order valence-corrected chi connectivity index (χ2v) is 6.93. The van der Waals surface area contributed by atoms with Crippen molar-refractivity contribution in [2.45, 2.75) is 26.9 Å². The Balaban J connectivity index is 1.53. The largest absolute Gasteiger partial charge is 0.493 e. The number of carbonyl (C=O) groups is 1. The summed E-state index contributed by atoms with van der Waals surface area (Å²) in [5, 5.41) is 4.38. The van der Waals surface area contributed by atoms with E-state index in [1.165, 1.54) is 5.56 Å². The molecule has 1 aromatic heterocycles. The lowest BCUT2D eigenvalue weighted by molar-refractivity contribution is -0.133. The molecule has 7 nitrogen and oxygen atoms in total. The number of hydrogen-bond donors (Lipinski definition) is 0. The van der Waals surface area contributed by atoms with Crippen molar-refractivity contribution in [1.29, 1.82) is 0 Å². The Hall–Kier alpha value is -2.54. The molecule has 1 saturated heterocycles. The fourth-order valence-corrected chi connectivity index (χ4v) is 3.46. The molecule has 1 aromatic carbocycles. The highest BCUT2D eigenvalue weighted by atomic mass is 16.5. The van der Waals surface area contributed by atoms with E-state index in [1.54, 1.807) is 18.9 Å². The van der Waals surface area contributed by atoms with Crippen LogP contribution in [0.4, 0.5) is 0 Å². The fraction of sp³-hybridized carbons (Fsp3) is 0.500. The maximum atomic E-state index is 12.6. The van der Waals surface area contributed by atoms with Crippen molar-refractivity contribution in [3.05, 3.63) is 41.2 Å². The Labute approximate surface area is 160 Å². The molecule has 7 heteroatoms. The van der Waals surface area contributed by atoms with Gasteiger partial charge in [-0.3, -0.25) is 14.4 Å². The van der Waals surface area contributed by atoms with Crippen molar-refractivity contribution >= 4 is 5.91 Å². The van der Waals surface area contributed by atoms with Gasteiger partial charge in [0, 0.05) is 38.4 Å². The highest BCUT2D eigenvalue weighted by molar-refractivity contribution is 5.76. The average Bonchev–Trinajstić information content (AvgIpc) is 2.99. The van der Waals surface area contributed by atoms with E-state index in [0.717, 1.165) is 55.6 Å². The summed E-state index contributed by atoms with van der Waals surface area (Å²) in [6.07, 6.45) is 0. The van der Waals surface area contributed by atoms with Crippen LogP contribution in [0.25, 0.3) is 0 Å². The standard InChI is InChI=1S/C20H28N4O3/c1-15-11-16(2)24(21-15)14-20(25)23-9-7-22(8-10-23)13-17-5-6-18(26-3)19(12-17)27-4/h5-6,11-12H,7-10,13-14H2,1-4H3. The van der Waals surface area contributed by atoms with Crippen LogP contribution in [0.3, 0.4) is 0 Å². The number of nitrogens with zero attached hydrogens (tertiary/aromatic N) is 4. The Kier molecular flexibility index (Phi) is 6.01. The summed E-state index contributed by atoms with van der Waals surface area (Å²) in [5.74, 6) is 1.61. The van der Waals surface area contributed by atoms with E-state index < -0.39 is 0 Å². The Morgan fingerprint density at radius 1 is 1.04 bits per heavy atom. The number of ether oxygens (including phenoxy) is 2. The van der Waals surface area contributed by atoms with Gasteiger partial charge in [-0.05, 0) is 37.6 Å². The predicted octanol–water partition coefficient (Wildman–Crippen LogP) is 1.86. The molecule has 1 amide bonds. The predicted molar refractivity (Wildman–Crippen MR) is 103 cm³/mol.